The van der Waals surface area contributed by atoms with Gasteiger partial charge < -0.3 is 5.32 Å². The van der Waals surface area contributed by atoms with Crippen LogP contribution in [0.25, 0.3) is 0 Å². The molecule has 0 spiro atoms. The van der Waals surface area contributed by atoms with Crippen LogP contribution in [0.1, 0.15) is 23.4 Å². The van der Waals surface area contributed by atoms with E-state index in [9.17, 15) is 4.39 Å². The second-order valence-corrected chi connectivity index (χ2v) is 6.51. The lowest BCUT2D eigenvalue weighted by atomic mass is 10.0. The molecule has 2 aromatic rings. The summed E-state index contributed by atoms with van der Waals surface area (Å²) in [5.74, 6) is -0.328. The Kier molecular flexibility index (Phi) is 5.39. The molecule has 0 aliphatic rings. The van der Waals surface area contributed by atoms with E-state index in [0.717, 1.165) is 17.4 Å². The average molecular weight is 363 g/mol. The Morgan fingerprint density at radius 1 is 1.47 bits per heavy atom. The number of nitrogens with one attached hydrogen (secondary N) is 1. The lowest BCUT2D eigenvalue weighted by Crippen LogP contribution is -2.23. The van der Waals surface area contributed by atoms with E-state index in [4.69, 9.17) is 11.6 Å². The number of hydrogen-bond acceptors (Lipinski definition) is 2. The predicted octanol–water partition coefficient (Wildman–Crippen LogP) is 5.20. The van der Waals surface area contributed by atoms with Crippen molar-refractivity contribution in [2.75, 3.05) is 6.54 Å². The summed E-state index contributed by atoms with van der Waals surface area (Å²) in [6.07, 6.45) is 0.751. The van der Waals surface area contributed by atoms with Crippen molar-refractivity contribution in [1.29, 1.82) is 0 Å². The number of thiophene rings is 1. The van der Waals surface area contributed by atoms with Crippen LogP contribution < -0.4 is 5.32 Å². The van der Waals surface area contributed by atoms with Gasteiger partial charge in [-0.05, 0) is 34.6 Å². The van der Waals surface area contributed by atoms with Crippen molar-refractivity contribution < 1.29 is 4.39 Å². The summed E-state index contributed by atoms with van der Waals surface area (Å²) in [4.78, 5) is 1.21. The molecule has 102 valence electrons. The van der Waals surface area contributed by atoms with E-state index in [2.05, 4.69) is 27.3 Å². The minimum absolute atomic E-state index is 0.0609. The summed E-state index contributed by atoms with van der Waals surface area (Å²) in [6.45, 7) is 2.79. The third kappa shape index (κ3) is 3.78. The molecule has 1 aromatic heterocycles. The Morgan fingerprint density at radius 3 is 2.89 bits per heavy atom. The van der Waals surface area contributed by atoms with Crippen LogP contribution in [0, 0.1) is 5.82 Å². The number of halogens is 3. The molecule has 1 nitrogen and oxygen atoms in total. The van der Waals surface area contributed by atoms with Crippen molar-refractivity contribution in [2.45, 2.75) is 19.4 Å². The lowest BCUT2D eigenvalue weighted by Gasteiger charge is -2.18. The van der Waals surface area contributed by atoms with Crippen LogP contribution in [0.3, 0.4) is 0 Å². The van der Waals surface area contributed by atoms with Crippen LogP contribution in [-0.4, -0.2) is 6.54 Å². The Bertz CT molecular complexity index is 558. The first-order chi connectivity index (χ1) is 9.11. The molecule has 0 saturated carbocycles. The molecular formula is C14H14BrClFNS. The van der Waals surface area contributed by atoms with E-state index < -0.39 is 0 Å². The van der Waals surface area contributed by atoms with Crippen LogP contribution in [0.2, 0.25) is 5.02 Å². The van der Waals surface area contributed by atoms with Gasteiger partial charge in [-0.15, -0.1) is 11.3 Å². The minimum Gasteiger partial charge on any atom is -0.310 e. The molecule has 0 amide bonds. The van der Waals surface area contributed by atoms with Crippen molar-refractivity contribution in [3.8, 4) is 0 Å². The maximum absolute atomic E-state index is 14.1. The number of hydrogen-bond donors (Lipinski definition) is 1. The SMILES string of the molecule is CCNC(Cc1cc(Br)cs1)c1cccc(Cl)c1F. The summed E-state index contributed by atoms with van der Waals surface area (Å²) in [5, 5.41) is 5.53. The highest BCUT2D eigenvalue weighted by molar-refractivity contribution is 9.10. The smallest absolute Gasteiger partial charge is 0.146 e. The molecule has 19 heavy (non-hydrogen) atoms. The van der Waals surface area contributed by atoms with Gasteiger partial charge in [-0.25, -0.2) is 4.39 Å². The van der Waals surface area contributed by atoms with E-state index in [-0.39, 0.29) is 16.9 Å². The first-order valence-electron chi connectivity index (χ1n) is 6.02. The summed E-state index contributed by atoms with van der Waals surface area (Å²) in [5.41, 5.74) is 0.624. The van der Waals surface area contributed by atoms with E-state index in [1.807, 2.05) is 12.3 Å². The highest BCUT2D eigenvalue weighted by Gasteiger charge is 2.17. The zero-order valence-electron chi connectivity index (χ0n) is 10.4. The lowest BCUT2D eigenvalue weighted by molar-refractivity contribution is 0.512. The largest absolute Gasteiger partial charge is 0.310 e. The van der Waals surface area contributed by atoms with Crippen LogP contribution in [0.4, 0.5) is 4.39 Å². The molecule has 1 N–H and O–H groups in total. The number of likely N-dealkylation sites (N-methyl/N-ethyl adjacent to an activating group) is 1. The predicted molar refractivity (Wildman–Crippen MR) is 83.6 cm³/mol. The second-order valence-electron chi connectivity index (χ2n) is 4.19. The summed E-state index contributed by atoms with van der Waals surface area (Å²) in [6, 6.07) is 7.16. The molecule has 0 fully saturated rings. The Balaban J connectivity index is 2.26. The van der Waals surface area contributed by atoms with Crippen molar-refractivity contribution in [3.05, 3.63) is 55.4 Å². The van der Waals surface area contributed by atoms with Crippen LogP contribution >= 0.6 is 38.9 Å². The van der Waals surface area contributed by atoms with Gasteiger partial charge in [0.25, 0.3) is 0 Å². The molecule has 2 rings (SSSR count). The maximum Gasteiger partial charge on any atom is 0.146 e. The Hall–Kier alpha value is -0.420. The zero-order chi connectivity index (χ0) is 13.8. The van der Waals surface area contributed by atoms with E-state index >= 15 is 0 Å². The van der Waals surface area contributed by atoms with Gasteiger partial charge in [0.1, 0.15) is 5.82 Å². The maximum atomic E-state index is 14.1. The minimum atomic E-state index is -0.328. The van der Waals surface area contributed by atoms with Gasteiger partial charge >= 0.3 is 0 Å². The van der Waals surface area contributed by atoms with Crippen molar-refractivity contribution in [3.63, 3.8) is 0 Å². The molecule has 1 unspecified atom stereocenters. The Morgan fingerprint density at radius 2 is 2.26 bits per heavy atom. The monoisotopic (exact) mass is 361 g/mol. The molecule has 1 atom stereocenters. The molecule has 1 heterocycles. The topological polar surface area (TPSA) is 12.0 Å². The van der Waals surface area contributed by atoms with E-state index in [1.165, 1.54) is 4.88 Å². The summed E-state index contributed by atoms with van der Waals surface area (Å²) >= 11 is 11.0. The standard InChI is InChI=1S/C14H14BrClFNS/c1-2-18-13(7-10-6-9(15)8-19-10)11-4-3-5-12(16)14(11)17/h3-6,8,13,18H,2,7H2,1H3. The quantitative estimate of drug-likeness (QED) is 0.771. The molecule has 0 radical (unpaired) electrons. The first kappa shape index (κ1) is 15.0. The first-order valence-corrected chi connectivity index (χ1v) is 8.07. The van der Waals surface area contributed by atoms with E-state index in [0.29, 0.717) is 5.56 Å². The third-order valence-electron chi connectivity index (χ3n) is 2.83. The van der Waals surface area contributed by atoms with Crippen molar-refractivity contribution in [1.82, 2.24) is 5.32 Å². The van der Waals surface area contributed by atoms with Crippen LogP contribution in [0.5, 0.6) is 0 Å². The molecule has 5 heteroatoms. The zero-order valence-corrected chi connectivity index (χ0v) is 13.6. The highest BCUT2D eigenvalue weighted by Crippen LogP contribution is 2.29. The number of benzene rings is 1. The van der Waals surface area contributed by atoms with Gasteiger partial charge in [-0.2, -0.15) is 0 Å². The van der Waals surface area contributed by atoms with Gasteiger partial charge in [-0.1, -0.05) is 30.7 Å². The van der Waals surface area contributed by atoms with Crippen molar-refractivity contribution in [2.24, 2.45) is 0 Å². The fourth-order valence-corrected chi connectivity index (χ4v) is 3.67. The van der Waals surface area contributed by atoms with Crippen LogP contribution in [0.15, 0.2) is 34.1 Å². The van der Waals surface area contributed by atoms with Crippen molar-refractivity contribution >= 4 is 38.9 Å². The molecule has 1 aromatic carbocycles. The van der Waals surface area contributed by atoms with Gasteiger partial charge in [0, 0.05) is 32.8 Å². The van der Waals surface area contributed by atoms with Gasteiger partial charge in [0.15, 0.2) is 0 Å². The Labute approximate surface area is 129 Å². The number of rotatable bonds is 5. The van der Waals surface area contributed by atoms with Crippen LogP contribution in [-0.2, 0) is 6.42 Å². The van der Waals surface area contributed by atoms with Gasteiger partial charge in [-0.3, -0.25) is 0 Å². The third-order valence-corrected chi connectivity index (χ3v) is 4.85. The molecule has 0 aliphatic carbocycles. The fourth-order valence-electron chi connectivity index (χ4n) is 1.99. The second kappa shape index (κ2) is 6.84. The fraction of sp³-hybridized carbons (Fsp3) is 0.286. The van der Waals surface area contributed by atoms with Gasteiger partial charge in [0.05, 0.1) is 5.02 Å². The summed E-state index contributed by atoms with van der Waals surface area (Å²) < 4.78 is 15.2. The normalized spacial score (nSPS) is 12.6. The summed E-state index contributed by atoms with van der Waals surface area (Å²) in [7, 11) is 0. The highest BCUT2D eigenvalue weighted by atomic mass is 79.9. The molecule has 0 bridgehead atoms. The van der Waals surface area contributed by atoms with Gasteiger partial charge in [0.2, 0.25) is 0 Å². The average Bonchev–Trinajstić information content (AvgIpc) is 2.78. The van der Waals surface area contributed by atoms with E-state index in [1.54, 1.807) is 29.5 Å². The molecule has 0 saturated heterocycles. The molecule has 0 aliphatic heterocycles. The molecular weight excluding hydrogens is 349 g/mol.